The summed E-state index contributed by atoms with van der Waals surface area (Å²) in [7, 11) is 1.50. The second-order valence-electron chi connectivity index (χ2n) is 6.04. The minimum absolute atomic E-state index is 0.0404. The number of nitrogens with one attached hydrogen (secondary N) is 2. The Kier molecular flexibility index (Phi) is 6.32. The molecule has 0 aliphatic rings. The van der Waals surface area contributed by atoms with E-state index in [9.17, 15) is 14.7 Å². The predicted molar refractivity (Wildman–Crippen MR) is 110 cm³/mol. The highest BCUT2D eigenvalue weighted by Gasteiger charge is 2.12. The van der Waals surface area contributed by atoms with Gasteiger partial charge >= 0.3 is 0 Å². The van der Waals surface area contributed by atoms with E-state index in [4.69, 9.17) is 9.47 Å². The van der Waals surface area contributed by atoms with Crippen molar-refractivity contribution in [3.63, 3.8) is 0 Å². The Labute approximate surface area is 167 Å². The van der Waals surface area contributed by atoms with Crippen LogP contribution in [0, 0.1) is 0 Å². The van der Waals surface area contributed by atoms with Crippen molar-refractivity contribution >= 4 is 23.2 Å². The third-order valence-electron chi connectivity index (χ3n) is 3.98. The molecule has 148 valence electrons. The number of methoxy groups -OCH3 is 1. The van der Waals surface area contributed by atoms with E-state index in [1.165, 1.54) is 13.2 Å². The molecule has 0 bridgehead atoms. The minimum atomic E-state index is -0.401. The summed E-state index contributed by atoms with van der Waals surface area (Å²) in [6, 6.07) is 20.0. The normalized spacial score (nSPS) is 10.1. The number of hydrogen-bond donors (Lipinski definition) is 3. The highest BCUT2D eigenvalue weighted by molar-refractivity contribution is 6.06. The highest BCUT2D eigenvalue weighted by Crippen LogP contribution is 2.24. The van der Waals surface area contributed by atoms with Crippen LogP contribution in [0.3, 0.4) is 0 Å². The Morgan fingerprint density at radius 2 is 1.52 bits per heavy atom. The van der Waals surface area contributed by atoms with E-state index in [0.717, 1.165) is 0 Å². The first-order chi connectivity index (χ1) is 14.1. The second kappa shape index (κ2) is 9.27. The lowest BCUT2D eigenvalue weighted by Crippen LogP contribution is -2.20. The van der Waals surface area contributed by atoms with Crippen LogP contribution >= 0.6 is 0 Å². The fourth-order valence-electron chi connectivity index (χ4n) is 2.62. The molecule has 0 radical (unpaired) electrons. The summed E-state index contributed by atoms with van der Waals surface area (Å²) >= 11 is 0. The summed E-state index contributed by atoms with van der Waals surface area (Å²) in [6.07, 6.45) is 0. The van der Waals surface area contributed by atoms with E-state index in [2.05, 4.69) is 10.6 Å². The number of aromatic hydroxyl groups is 1. The van der Waals surface area contributed by atoms with Gasteiger partial charge in [0, 0.05) is 11.4 Å². The maximum Gasteiger partial charge on any atom is 0.262 e. The number of amides is 2. The number of carbonyl (C=O) groups excluding carboxylic acids is 2. The van der Waals surface area contributed by atoms with Crippen molar-refractivity contribution < 1.29 is 24.2 Å². The molecule has 0 fully saturated rings. The molecule has 0 saturated carbocycles. The zero-order valence-electron chi connectivity index (χ0n) is 15.7. The summed E-state index contributed by atoms with van der Waals surface area (Å²) in [5.41, 5.74) is 1.41. The second-order valence-corrected chi connectivity index (χ2v) is 6.04. The molecular formula is C22H20N2O5. The van der Waals surface area contributed by atoms with E-state index in [-0.39, 0.29) is 24.0 Å². The molecular weight excluding hydrogens is 372 g/mol. The summed E-state index contributed by atoms with van der Waals surface area (Å²) in [5, 5.41) is 15.1. The van der Waals surface area contributed by atoms with Gasteiger partial charge in [-0.3, -0.25) is 9.59 Å². The first-order valence-electron chi connectivity index (χ1n) is 8.82. The van der Waals surface area contributed by atoms with Gasteiger partial charge in [-0.05, 0) is 42.5 Å². The van der Waals surface area contributed by atoms with E-state index >= 15 is 0 Å². The van der Waals surface area contributed by atoms with Gasteiger partial charge in [0.1, 0.15) is 5.75 Å². The molecule has 2 amide bonds. The number of para-hydroxylation sites is 3. The predicted octanol–water partition coefficient (Wildman–Crippen LogP) is 3.67. The van der Waals surface area contributed by atoms with Gasteiger partial charge in [-0.1, -0.05) is 30.3 Å². The molecule has 0 unspecified atom stereocenters. The van der Waals surface area contributed by atoms with Crippen LogP contribution in [-0.2, 0) is 4.79 Å². The third kappa shape index (κ3) is 5.26. The van der Waals surface area contributed by atoms with Gasteiger partial charge in [0.25, 0.3) is 11.8 Å². The zero-order chi connectivity index (χ0) is 20.6. The minimum Gasteiger partial charge on any atom is -0.504 e. The van der Waals surface area contributed by atoms with Crippen LogP contribution < -0.4 is 20.1 Å². The lowest BCUT2D eigenvalue weighted by Gasteiger charge is -2.11. The van der Waals surface area contributed by atoms with E-state index in [1.54, 1.807) is 66.7 Å². The molecule has 0 aliphatic heterocycles. The quantitative estimate of drug-likeness (QED) is 0.570. The fraction of sp³-hybridized carbons (Fsp3) is 0.0909. The number of benzene rings is 3. The number of anilines is 2. The molecule has 3 rings (SSSR count). The van der Waals surface area contributed by atoms with E-state index in [1.807, 2.05) is 0 Å². The van der Waals surface area contributed by atoms with Crippen molar-refractivity contribution in [1.82, 2.24) is 0 Å². The van der Waals surface area contributed by atoms with Gasteiger partial charge in [0.2, 0.25) is 0 Å². The van der Waals surface area contributed by atoms with E-state index < -0.39 is 5.91 Å². The standard InChI is InChI=1S/C22H20N2O5/c1-28-19-11-4-2-9-17(19)22(27)24-16-8-6-7-15(13-16)23-21(26)14-29-20-12-5-3-10-18(20)25/h2-13,25H,14H2,1H3,(H,23,26)(H,24,27). The largest absolute Gasteiger partial charge is 0.504 e. The first-order valence-corrected chi connectivity index (χ1v) is 8.82. The van der Waals surface area contributed by atoms with Crippen molar-refractivity contribution in [2.24, 2.45) is 0 Å². The number of ether oxygens (including phenoxy) is 2. The van der Waals surface area contributed by atoms with Crippen molar-refractivity contribution in [2.45, 2.75) is 0 Å². The summed E-state index contributed by atoms with van der Waals surface area (Å²) in [5.74, 6) is -0.0761. The first kappa shape index (κ1) is 19.8. The van der Waals surface area contributed by atoms with Gasteiger partial charge < -0.3 is 25.2 Å². The molecule has 7 nitrogen and oxygen atoms in total. The molecule has 3 N–H and O–H groups in total. The topological polar surface area (TPSA) is 96.9 Å². The summed E-state index contributed by atoms with van der Waals surface area (Å²) < 4.78 is 10.5. The van der Waals surface area contributed by atoms with Gasteiger partial charge in [-0.2, -0.15) is 0 Å². The molecule has 3 aromatic rings. The van der Waals surface area contributed by atoms with Crippen LogP contribution in [-0.4, -0.2) is 30.6 Å². The molecule has 0 heterocycles. The van der Waals surface area contributed by atoms with E-state index in [0.29, 0.717) is 22.7 Å². The molecule has 0 spiro atoms. The molecule has 0 aliphatic carbocycles. The smallest absolute Gasteiger partial charge is 0.262 e. The van der Waals surface area contributed by atoms with Crippen molar-refractivity contribution in [2.75, 3.05) is 24.4 Å². The lowest BCUT2D eigenvalue weighted by molar-refractivity contribution is -0.118. The highest BCUT2D eigenvalue weighted by atomic mass is 16.5. The number of hydrogen-bond acceptors (Lipinski definition) is 5. The van der Waals surface area contributed by atoms with Crippen LogP contribution in [0.15, 0.2) is 72.8 Å². The zero-order valence-corrected chi connectivity index (χ0v) is 15.7. The molecule has 0 saturated heterocycles. The average molecular weight is 392 g/mol. The lowest BCUT2D eigenvalue weighted by atomic mass is 10.2. The van der Waals surface area contributed by atoms with Crippen LogP contribution in [0.5, 0.6) is 17.2 Å². The Morgan fingerprint density at radius 1 is 0.862 bits per heavy atom. The Balaban J connectivity index is 1.61. The molecule has 7 heteroatoms. The number of carbonyl (C=O) groups is 2. The number of rotatable bonds is 7. The summed E-state index contributed by atoms with van der Waals surface area (Å²) in [6.45, 7) is -0.268. The Morgan fingerprint density at radius 3 is 2.24 bits per heavy atom. The average Bonchev–Trinajstić information content (AvgIpc) is 2.73. The molecule has 3 aromatic carbocycles. The SMILES string of the molecule is COc1ccccc1C(=O)Nc1cccc(NC(=O)COc2ccccc2O)c1. The van der Waals surface area contributed by atoms with Gasteiger partial charge in [-0.25, -0.2) is 0 Å². The molecule has 0 aromatic heterocycles. The van der Waals surface area contributed by atoms with Gasteiger partial charge in [0.15, 0.2) is 18.1 Å². The van der Waals surface area contributed by atoms with Crippen molar-refractivity contribution in [3.8, 4) is 17.2 Å². The Bertz CT molecular complexity index is 1020. The van der Waals surface area contributed by atoms with Crippen LogP contribution in [0.4, 0.5) is 11.4 Å². The maximum absolute atomic E-state index is 12.5. The van der Waals surface area contributed by atoms with Crippen LogP contribution in [0.2, 0.25) is 0 Å². The fourth-order valence-corrected chi connectivity index (χ4v) is 2.62. The van der Waals surface area contributed by atoms with Crippen LogP contribution in [0.25, 0.3) is 0 Å². The number of phenolic OH excluding ortho intramolecular Hbond substituents is 1. The Hall–Kier alpha value is -4.00. The monoisotopic (exact) mass is 392 g/mol. The number of phenols is 1. The van der Waals surface area contributed by atoms with Crippen molar-refractivity contribution in [1.29, 1.82) is 0 Å². The van der Waals surface area contributed by atoms with Gasteiger partial charge in [-0.15, -0.1) is 0 Å². The summed E-state index contributed by atoms with van der Waals surface area (Å²) in [4.78, 5) is 24.6. The van der Waals surface area contributed by atoms with Crippen LogP contribution in [0.1, 0.15) is 10.4 Å². The third-order valence-corrected chi connectivity index (χ3v) is 3.98. The molecule has 29 heavy (non-hydrogen) atoms. The van der Waals surface area contributed by atoms with Gasteiger partial charge in [0.05, 0.1) is 12.7 Å². The van der Waals surface area contributed by atoms with Crippen molar-refractivity contribution in [3.05, 3.63) is 78.4 Å². The maximum atomic E-state index is 12.5. The molecule has 0 atom stereocenters.